The maximum absolute atomic E-state index is 10.7. The Morgan fingerprint density at radius 2 is 2.11 bits per heavy atom. The number of methoxy groups -OCH3 is 1. The van der Waals surface area contributed by atoms with E-state index < -0.39 is 0 Å². The summed E-state index contributed by atoms with van der Waals surface area (Å²) in [7, 11) is 1.53. The van der Waals surface area contributed by atoms with Crippen molar-refractivity contribution in [2.45, 2.75) is 20.5 Å². The van der Waals surface area contributed by atoms with E-state index in [1.165, 1.54) is 7.11 Å². The summed E-state index contributed by atoms with van der Waals surface area (Å²) in [6.45, 7) is 4.05. The molecule has 1 heterocycles. The molecule has 0 fully saturated rings. The number of benzene rings is 1. The molecule has 19 heavy (non-hydrogen) atoms. The second kappa shape index (κ2) is 5.56. The normalized spacial score (nSPS) is 10.3. The van der Waals surface area contributed by atoms with Crippen LogP contribution in [-0.4, -0.2) is 18.6 Å². The molecule has 0 N–H and O–H groups in total. The highest BCUT2D eigenvalue weighted by Gasteiger charge is 2.11. The Kier molecular flexibility index (Phi) is 3.85. The van der Waals surface area contributed by atoms with E-state index in [9.17, 15) is 4.79 Å². The monoisotopic (exact) mass is 261 g/mol. The molecule has 5 heteroatoms. The van der Waals surface area contributed by atoms with Crippen molar-refractivity contribution in [3.63, 3.8) is 0 Å². The fraction of sp³-hybridized carbons (Fsp3) is 0.286. The minimum Gasteiger partial charge on any atom is -0.493 e. The van der Waals surface area contributed by atoms with Gasteiger partial charge in [0.1, 0.15) is 18.7 Å². The largest absolute Gasteiger partial charge is 0.493 e. The molecule has 0 saturated heterocycles. The Balaban J connectivity index is 2.17. The number of aromatic nitrogens is 1. The van der Waals surface area contributed by atoms with Crippen molar-refractivity contribution in [1.82, 2.24) is 5.16 Å². The van der Waals surface area contributed by atoms with Crippen LogP contribution in [0.2, 0.25) is 0 Å². The van der Waals surface area contributed by atoms with Gasteiger partial charge in [-0.3, -0.25) is 4.79 Å². The third kappa shape index (κ3) is 2.76. The molecule has 0 unspecified atom stereocenters. The smallest absolute Gasteiger partial charge is 0.161 e. The van der Waals surface area contributed by atoms with Crippen LogP contribution < -0.4 is 9.47 Å². The Labute approximate surface area is 111 Å². The lowest BCUT2D eigenvalue weighted by atomic mass is 10.2. The van der Waals surface area contributed by atoms with Gasteiger partial charge in [0, 0.05) is 5.56 Å². The first-order valence-electron chi connectivity index (χ1n) is 5.83. The van der Waals surface area contributed by atoms with Crippen molar-refractivity contribution in [3.05, 3.63) is 40.8 Å². The minimum atomic E-state index is 0.345. The number of ether oxygens (including phenoxy) is 2. The van der Waals surface area contributed by atoms with E-state index in [-0.39, 0.29) is 0 Å². The number of rotatable bonds is 5. The molecule has 0 aliphatic carbocycles. The van der Waals surface area contributed by atoms with Gasteiger partial charge in [-0.25, -0.2) is 0 Å². The zero-order valence-electron chi connectivity index (χ0n) is 11.1. The lowest BCUT2D eigenvalue weighted by Crippen LogP contribution is -2.00. The SMILES string of the molecule is COc1cc(C=O)ccc1OCc1c(C)noc1C. The molecule has 5 nitrogen and oxygen atoms in total. The third-order valence-electron chi connectivity index (χ3n) is 2.88. The fourth-order valence-corrected chi connectivity index (χ4v) is 1.73. The number of aryl methyl sites for hydroxylation is 2. The van der Waals surface area contributed by atoms with E-state index in [2.05, 4.69) is 5.16 Å². The van der Waals surface area contributed by atoms with Crippen LogP contribution in [0, 0.1) is 13.8 Å². The van der Waals surface area contributed by atoms with Crippen molar-refractivity contribution in [2.75, 3.05) is 7.11 Å². The van der Waals surface area contributed by atoms with Crippen LogP contribution in [0.3, 0.4) is 0 Å². The summed E-state index contributed by atoms with van der Waals surface area (Å²) >= 11 is 0. The number of nitrogens with zero attached hydrogens (tertiary/aromatic N) is 1. The fourth-order valence-electron chi connectivity index (χ4n) is 1.73. The summed E-state index contributed by atoms with van der Waals surface area (Å²) in [6.07, 6.45) is 0.764. The molecule has 1 aromatic carbocycles. The second-order valence-corrected chi connectivity index (χ2v) is 4.12. The molecule has 0 atom stereocenters. The van der Waals surface area contributed by atoms with Crippen LogP contribution in [0.4, 0.5) is 0 Å². The molecule has 1 aromatic heterocycles. The highest BCUT2D eigenvalue weighted by Crippen LogP contribution is 2.29. The predicted octanol–water partition coefficient (Wildman–Crippen LogP) is 2.69. The molecule has 100 valence electrons. The first kappa shape index (κ1) is 13.1. The summed E-state index contributed by atoms with van der Waals surface area (Å²) in [5.74, 6) is 1.84. The molecular formula is C14H15NO4. The summed E-state index contributed by atoms with van der Waals surface area (Å²) in [6, 6.07) is 5.02. The quantitative estimate of drug-likeness (QED) is 0.774. The van der Waals surface area contributed by atoms with E-state index >= 15 is 0 Å². The zero-order chi connectivity index (χ0) is 13.8. The van der Waals surface area contributed by atoms with Crippen molar-refractivity contribution in [1.29, 1.82) is 0 Å². The maximum atomic E-state index is 10.7. The molecule has 0 aliphatic rings. The Bertz CT molecular complexity index is 570. The second-order valence-electron chi connectivity index (χ2n) is 4.12. The molecule has 0 amide bonds. The Morgan fingerprint density at radius 3 is 2.68 bits per heavy atom. The molecule has 0 aliphatic heterocycles. The van der Waals surface area contributed by atoms with Crippen molar-refractivity contribution < 1.29 is 18.8 Å². The van der Waals surface area contributed by atoms with Gasteiger partial charge >= 0.3 is 0 Å². The zero-order valence-corrected chi connectivity index (χ0v) is 11.1. The Morgan fingerprint density at radius 1 is 1.32 bits per heavy atom. The molecule has 0 spiro atoms. The third-order valence-corrected chi connectivity index (χ3v) is 2.88. The van der Waals surface area contributed by atoms with Crippen molar-refractivity contribution >= 4 is 6.29 Å². The summed E-state index contributed by atoms with van der Waals surface area (Å²) < 4.78 is 16.0. The van der Waals surface area contributed by atoms with Gasteiger partial charge in [-0.1, -0.05) is 5.16 Å². The van der Waals surface area contributed by atoms with E-state index in [4.69, 9.17) is 14.0 Å². The first-order chi connectivity index (χ1) is 9.15. The van der Waals surface area contributed by atoms with E-state index in [0.29, 0.717) is 23.7 Å². The molecule has 0 saturated carbocycles. The molecular weight excluding hydrogens is 246 g/mol. The average Bonchev–Trinajstić information content (AvgIpc) is 2.75. The highest BCUT2D eigenvalue weighted by atomic mass is 16.5. The number of aldehydes is 1. The van der Waals surface area contributed by atoms with Gasteiger partial charge < -0.3 is 14.0 Å². The van der Waals surface area contributed by atoms with Crippen molar-refractivity contribution in [2.24, 2.45) is 0 Å². The number of hydrogen-bond acceptors (Lipinski definition) is 5. The van der Waals surface area contributed by atoms with E-state index in [1.807, 2.05) is 13.8 Å². The van der Waals surface area contributed by atoms with Crippen LogP contribution in [-0.2, 0) is 6.61 Å². The van der Waals surface area contributed by atoms with Gasteiger partial charge in [-0.2, -0.15) is 0 Å². The van der Waals surface area contributed by atoms with Crippen LogP contribution in [0.25, 0.3) is 0 Å². The van der Waals surface area contributed by atoms with Gasteiger partial charge in [0.05, 0.1) is 18.4 Å². The van der Waals surface area contributed by atoms with Gasteiger partial charge in [0.25, 0.3) is 0 Å². The minimum absolute atomic E-state index is 0.345. The van der Waals surface area contributed by atoms with Crippen LogP contribution in [0.1, 0.15) is 27.4 Å². The first-order valence-corrected chi connectivity index (χ1v) is 5.83. The molecule has 2 aromatic rings. The highest BCUT2D eigenvalue weighted by molar-refractivity contribution is 5.76. The predicted molar refractivity (Wildman–Crippen MR) is 68.7 cm³/mol. The Hall–Kier alpha value is -2.30. The van der Waals surface area contributed by atoms with E-state index in [0.717, 1.165) is 23.3 Å². The van der Waals surface area contributed by atoms with Crippen molar-refractivity contribution in [3.8, 4) is 11.5 Å². The van der Waals surface area contributed by atoms with Crippen LogP contribution >= 0.6 is 0 Å². The van der Waals surface area contributed by atoms with Crippen LogP contribution in [0.5, 0.6) is 11.5 Å². The lowest BCUT2D eigenvalue weighted by Gasteiger charge is -2.10. The van der Waals surface area contributed by atoms with Gasteiger partial charge in [0.2, 0.25) is 0 Å². The number of hydrogen-bond donors (Lipinski definition) is 0. The van der Waals surface area contributed by atoms with Gasteiger partial charge in [-0.15, -0.1) is 0 Å². The molecule has 0 bridgehead atoms. The lowest BCUT2D eigenvalue weighted by molar-refractivity contribution is 0.112. The average molecular weight is 261 g/mol. The van der Waals surface area contributed by atoms with Gasteiger partial charge in [0.15, 0.2) is 11.5 Å². The summed E-state index contributed by atoms with van der Waals surface area (Å²) in [5.41, 5.74) is 2.27. The van der Waals surface area contributed by atoms with Gasteiger partial charge in [-0.05, 0) is 32.0 Å². The number of carbonyl (C=O) groups excluding carboxylic acids is 1. The van der Waals surface area contributed by atoms with Crippen LogP contribution in [0.15, 0.2) is 22.7 Å². The maximum Gasteiger partial charge on any atom is 0.161 e. The number of carbonyl (C=O) groups is 1. The molecule has 0 radical (unpaired) electrons. The van der Waals surface area contributed by atoms with E-state index in [1.54, 1.807) is 18.2 Å². The topological polar surface area (TPSA) is 61.6 Å². The standard InChI is InChI=1S/C14H15NO4/c1-9-12(10(2)19-15-9)8-18-13-5-4-11(7-16)6-14(13)17-3/h4-7H,8H2,1-3H3. The summed E-state index contributed by atoms with van der Waals surface area (Å²) in [4.78, 5) is 10.7. The molecule has 2 rings (SSSR count). The summed E-state index contributed by atoms with van der Waals surface area (Å²) in [5, 5.41) is 3.87.